The van der Waals surface area contributed by atoms with E-state index in [9.17, 15) is 14.7 Å². The maximum atomic E-state index is 12.5. The average molecular weight is 259 g/mol. The highest BCUT2D eigenvalue weighted by Crippen LogP contribution is 2.48. The topological polar surface area (TPSA) is 57.6 Å². The van der Waals surface area contributed by atoms with Gasteiger partial charge in [0.1, 0.15) is 0 Å². The fourth-order valence-corrected chi connectivity index (χ4v) is 3.63. The SMILES string of the molecule is CN1C(=O)c2c(C(=O)O)cccc2C12CCCCC2. The van der Waals surface area contributed by atoms with Crippen LogP contribution in [0.25, 0.3) is 0 Å². The third-order valence-electron chi connectivity index (χ3n) is 4.64. The normalized spacial score (nSPS) is 20.7. The summed E-state index contributed by atoms with van der Waals surface area (Å²) in [4.78, 5) is 25.5. The molecule has 1 aliphatic carbocycles. The van der Waals surface area contributed by atoms with Crippen LogP contribution in [0.5, 0.6) is 0 Å². The number of carboxylic acids is 1. The molecule has 19 heavy (non-hydrogen) atoms. The van der Waals surface area contributed by atoms with Gasteiger partial charge in [-0.1, -0.05) is 31.4 Å². The van der Waals surface area contributed by atoms with Crippen LogP contribution in [0.15, 0.2) is 18.2 Å². The second kappa shape index (κ2) is 4.08. The van der Waals surface area contributed by atoms with Gasteiger partial charge in [-0.2, -0.15) is 0 Å². The number of hydrogen-bond acceptors (Lipinski definition) is 2. The van der Waals surface area contributed by atoms with Gasteiger partial charge in [0, 0.05) is 7.05 Å². The van der Waals surface area contributed by atoms with Crippen molar-refractivity contribution in [1.82, 2.24) is 4.90 Å². The van der Waals surface area contributed by atoms with E-state index in [1.165, 1.54) is 12.5 Å². The van der Waals surface area contributed by atoms with E-state index in [0.717, 1.165) is 31.2 Å². The van der Waals surface area contributed by atoms with Crippen LogP contribution >= 0.6 is 0 Å². The van der Waals surface area contributed by atoms with Gasteiger partial charge in [-0.05, 0) is 24.5 Å². The van der Waals surface area contributed by atoms with Crippen molar-refractivity contribution >= 4 is 11.9 Å². The largest absolute Gasteiger partial charge is 0.478 e. The van der Waals surface area contributed by atoms with Crippen molar-refractivity contribution in [3.63, 3.8) is 0 Å². The van der Waals surface area contributed by atoms with Crippen LogP contribution < -0.4 is 0 Å². The average Bonchev–Trinajstić information content (AvgIpc) is 2.63. The number of aromatic carboxylic acids is 1. The molecule has 1 fully saturated rings. The standard InChI is InChI=1S/C15H17NO3/c1-16-13(17)12-10(14(18)19)6-5-7-11(12)15(16)8-3-2-4-9-15/h5-7H,2-4,8-9H2,1H3,(H,18,19). The molecule has 1 N–H and O–H groups in total. The number of carbonyl (C=O) groups is 2. The minimum Gasteiger partial charge on any atom is -0.478 e. The summed E-state index contributed by atoms with van der Waals surface area (Å²) < 4.78 is 0. The van der Waals surface area contributed by atoms with Crippen molar-refractivity contribution in [1.29, 1.82) is 0 Å². The van der Waals surface area contributed by atoms with E-state index in [4.69, 9.17) is 0 Å². The maximum absolute atomic E-state index is 12.5. The number of amides is 1. The van der Waals surface area contributed by atoms with E-state index in [2.05, 4.69) is 0 Å². The molecule has 0 atom stereocenters. The summed E-state index contributed by atoms with van der Waals surface area (Å²) in [6, 6.07) is 5.20. The molecule has 0 saturated heterocycles. The number of rotatable bonds is 1. The molecule has 0 unspecified atom stereocenters. The van der Waals surface area contributed by atoms with Crippen LogP contribution in [0.3, 0.4) is 0 Å². The fraction of sp³-hybridized carbons (Fsp3) is 0.467. The minimum atomic E-state index is -1.02. The molecule has 1 amide bonds. The second-order valence-corrected chi connectivity index (χ2v) is 5.49. The Kier molecular flexibility index (Phi) is 2.62. The number of hydrogen-bond donors (Lipinski definition) is 1. The van der Waals surface area contributed by atoms with Crippen LogP contribution in [0.2, 0.25) is 0 Å². The van der Waals surface area contributed by atoms with Gasteiger partial charge in [0.05, 0.1) is 16.7 Å². The third kappa shape index (κ3) is 1.52. The van der Waals surface area contributed by atoms with Gasteiger partial charge >= 0.3 is 5.97 Å². The van der Waals surface area contributed by atoms with Crippen molar-refractivity contribution < 1.29 is 14.7 Å². The van der Waals surface area contributed by atoms with Crippen LogP contribution in [0, 0.1) is 0 Å². The molecule has 1 aromatic rings. The van der Waals surface area contributed by atoms with E-state index in [1.807, 2.05) is 6.07 Å². The molecule has 1 aliphatic heterocycles. The van der Waals surface area contributed by atoms with Gasteiger partial charge in [-0.3, -0.25) is 4.79 Å². The number of fused-ring (bicyclic) bond motifs is 2. The lowest BCUT2D eigenvalue weighted by Crippen LogP contribution is -2.42. The molecule has 1 spiro atoms. The minimum absolute atomic E-state index is 0.136. The van der Waals surface area contributed by atoms with E-state index in [1.54, 1.807) is 18.0 Å². The Hall–Kier alpha value is -1.84. The highest BCUT2D eigenvalue weighted by Gasteiger charge is 2.49. The van der Waals surface area contributed by atoms with Gasteiger partial charge in [-0.15, -0.1) is 0 Å². The summed E-state index contributed by atoms with van der Waals surface area (Å²) in [6.07, 6.45) is 5.25. The number of benzene rings is 1. The van der Waals surface area contributed by atoms with Gasteiger partial charge in [0.25, 0.3) is 5.91 Å². The summed E-state index contributed by atoms with van der Waals surface area (Å²) in [5, 5.41) is 9.27. The zero-order valence-electron chi connectivity index (χ0n) is 11.0. The molecule has 1 heterocycles. The molecule has 1 saturated carbocycles. The maximum Gasteiger partial charge on any atom is 0.336 e. The lowest BCUT2D eigenvalue weighted by molar-refractivity contribution is 0.0525. The van der Waals surface area contributed by atoms with E-state index in [-0.39, 0.29) is 17.0 Å². The van der Waals surface area contributed by atoms with Crippen molar-refractivity contribution in [2.24, 2.45) is 0 Å². The van der Waals surface area contributed by atoms with Crippen LogP contribution in [-0.2, 0) is 5.54 Å². The summed E-state index contributed by atoms with van der Waals surface area (Å²) in [5.74, 6) is -1.17. The lowest BCUT2D eigenvalue weighted by atomic mass is 9.76. The first-order valence-electron chi connectivity index (χ1n) is 6.73. The Morgan fingerprint density at radius 1 is 1.26 bits per heavy atom. The summed E-state index contributed by atoms with van der Waals surface area (Å²) in [6.45, 7) is 0. The predicted molar refractivity (Wildman–Crippen MR) is 70.3 cm³/mol. The van der Waals surface area contributed by atoms with Gasteiger partial charge in [-0.25, -0.2) is 4.79 Å². The molecule has 4 nitrogen and oxygen atoms in total. The monoisotopic (exact) mass is 259 g/mol. The van der Waals surface area contributed by atoms with Crippen molar-refractivity contribution in [2.75, 3.05) is 7.05 Å². The summed E-state index contributed by atoms with van der Waals surface area (Å²) in [5.41, 5.74) is 1.19. The first-order chi connectivity index (χ1) is 9.08. The van der Waals surface area contributed by atoms with Gasteiger partial charge < -0.3 is 10.0 Å². The number of nitrogens with zero attached hydrogens (tertiary/aromatic N) is 1. The first kappa shape index (κ1) is 12.2. The Bertz CT molecular complexity index is 559. The molecule has 4 heteroatoms. The van der Waals surface area contributed by atoms with Crippen molar-refractivity contribution in [2.45, 2.75) is 37.6 Å². The Morgan fingerprint density at radius 2 is 1.95 bits per heavy atom. The highest BCUT2D eigenvalue weighted by atomic mass is 16.4. The summed E-state index contributed by atoms with van der Waals surface area (Å²) >= 11 is 0. The van der Waals surface area contributed by atoms with E-state index in [0.29, 0.717) is 5.56 Å². The Balaban J connectivity index is 2.22. The van der Waals surface area contributed by atoms with Crippen molar-refractivity contribution in [3.05, 3.63) is 34.9 Å². The smallest absolute Gasteiger partial charge is 0.336 e. The Labute approximate surface area is 112 Å². The van der Waals surface area contributed by atoms with Crippen molar-refractivity contribution in [3.8, 4) is 0 Å². The number of carboxylic acid groups (broad SMARTS) is 1. The zero-order valence-corrected chi connectivity index (χ0v) is 11.0. The zero-order chi connectivity index (χ0) is 13.6. The first-order valence-corrected chi connectivity index (χ1v) is 6.73. The van der Waals surface area contributed by atoms with Crippen LogP contribution in [-0.4, -0.2) is 28.9 Å². The predicted octanol–water partition coefficient (Wildman–Crippen LogP) is 2.63. The lowest BCUT2D eigenvalue weighted by Gasteiger charge is -2.40. The third-order valence-corrected chi connectivity index (χ3v) is 4.64. The molecule has 100 valence electrons. The Morgan fingerprint density at radius 3 is 2.58 bits per heavy atom. The van der Waals surface area contributed by atoms with Crippen LogP contribution in [0.1, 0.15) is 58.4 Å². The number of carbonyl (C=O) groups excluding carboxylic acids is 1. The molecule has 0 bridgehead atoms. The molecule has 3 rings (SSSR count). The molecule has 0 radical (unpaired) electrons. The molecular formula is C15H17NO3. The second-order valence-electron chi connectivity index (χ2n) is 5.49. The van der Waals surface area contributed by atoms with E-state index >= 15 is 0 Å². The molecular weight excluding hydrogens is 242 g/mol. The molecule has 2 aliphatic rings. The fourth-order valence-electron chi connectivity index (χ4n) is 3.63. The molecule has 1 aromatic carbocycles. The molecule has 0 aromatic heterocycles. The summed E-state index contributed by atoms with van der Waals surface area (Å²) in [7, 11) is 1.80. The highest BCUT2D eigenvalue weighted by molar-refractivity contribution is 6.08. The van der Waals surface area contributed by atoms with E-state index < -0.39 is 5.97 Å². The van der Waals surface area contributed by atoms with Gasteiger partial charge in [0.2, 0.25) is 0 Å². The van der Waals surface area contributed by atoms with Gasteiger partial charge in [0.15, 0.2) is 0 Å². The quantitative estimate of drug-likeness (QED) is 0.843. The van der Waals surface area contributed by atoms with Crippen LogP contribution in [0.4, 0.5) is 0 Å².